The molecular formula is C13H13NO4. The molecule has 0 amide bonds. The number of carboxylic acid groups (broad SMARTS) is 1. The van der Waals surface area contributed by atoms with Gasteiger partial charge in [0.1, 0.15) is 11.3 Å². The van der Waals surface area contributed by atoms with E-state index < -0.39 is 11.5 Å². The van der Waals surface area contributed by atoms with Crippen molar-refractivity contribution < 1.29 is 14.6 Å². The summed E-state index contributed by atoms with van der Waals surface area (Å²) in [7, 11) is 0. The Kier molecular flexibility index (Phi) is 3.06. The highest BCUT2D eigenvalue weighted by atomic mass is 16.5. The highest BCUT2D eigenvalue weighted by Crippen LogP contribution is 2.20. The van der Waals surface area contributed by atoms with E-state index in [0.29, 0.717) is 16.7 Å². The lowest BCUT2D eigenvalue weighted by Crippen LogP contribution is -2.17. The summed E-state index contributed by atoms with van der Waals surface area (Å²) >= 11 is 0. The normalized spacial score (nSPS) is 10.8. The molecule has 2 N–H and O–H groups in total. The fourth-order valence-electron chi connectivity index (χ4n) is 1.69. The Bertz CT molecular complexity index is 658. The molecular weight excluding hydrogens is 234 g/mol. The first-order valence-corrected chi connectivity index (χ1v) is 5.54. The lowest BCUT2D eigenvalue weighted by Gasteiger charge is -2.10. The van der Waals surface area contributed by atoms with Crippen LogP contribution in [0.25, 0.3) is 10.9 Å². The third kappa shape index (κ3) is 2.34. The summed E-state index contributed by atoms with van der Waals surface area (Å²) in [6, 6.07) is 6.49. The molecule has 1 aromatic heterocycles. The van der Waals surface area contributed by atoms with E-state index in [2.05, 4.69) is 4.98 Å². The predicted molar refractivity (Wildman–Crippen MR) is 67.3 cm³/mol. The molecule has 0 aliphatic rings. The number of hydrogen-bond donors (Lipinski definition) is 2. The number of ether oxygens (including phenoxy) is 1. The minimum Gasteiger partial charge on any atom is -0.491 e. The van der Waals surface area contributed by atoms with Crippen LogP contribution in [0.3, 0.4) is 0 Å². The molecule has 0 saturated carbocycles. The van der Waals surface area contributed by atoms with E-state index in [1.807, 2.05) is 13.8 Å². The van der Waals surface area contributed by atoms with Crippen molar-refractivity contribution in [2.45, 2.75) is 20.0 Å². The molecule has 0 spiro atoms. The van der Waals surface area contributed by atoms with Crippen molar-refractivity contribution >= 4 is 16.9 Å². The number of benzene rings is 1. The molecule has 0 radical (unpaired) electrons. The average molecular weight is 247 g/mol. The summed E-state index contributed by atoms with van der Waals surface area (Å²) in [5.74, 6) is -0.603. The zero-order valence-corrected chi connectivity index (χ0v) is 10.1. The highest BCUT2D eigenvalue weighted by molar-refractivity contribution is 5.92. The second kappa shape index (κ2) is 4.52. The van der Waals surface area contributed by atoms with Gasteiger partial charge in [-0.2, -0.15) is 0 Å². The fourth-order valence-corrected chi connectivity index (χ4v) is 1.69. The van der Waals surface area contributed by atoms with Gasteiger partial charge in [0.05, 0.1) is 6.10 Å². The molecule has 5 nitrogen and oxygen atoms in total. The highest BCUT2D eigenvalue weighted by Gasteiger charge is 2.10. The number of carboxylic acids is 1. The maximum Gasteiger partial charge on any atom is 0.341 e. The van der Waals surface area contributed by atoms with Crippen LogP contribution in [-0.4, -0.2) is 22.2 Å². The minimum atomic E-state index is -1.24. The van der Waals surface area contributed by atoms with Crippen molar-refractivity contribution in [2.75, 3.05) is 0 Å². The first-order chi connectivity index (χ1) is 8.47. The molecule has 1 aromatic carbocycles. The maximum atomic E-state index is 11.5. The first-order valence-electron chi connectivity index (χ1n) is 5.54. The number of carbonyl (C=O) groups is 1. The quantitative estimate of drug-likeness (QED) is 0.869. The average Bonchev–Trinajstić information content (AvgIpc) is 2.27. The van der Waals surface area contributed by atoms with Crippen molar-refractivity contribution in [1.29, 1.82) is 0 Å². The maximum absolute atomic E-state index is 11.5. The number of rotatable bonds is 3. The van der Waals surface area contributed by atoms with Crippen LogP contribution in [0.1, 0.15) is 24.2 Å². The standard InChI is InChI=1S/C13H13NO4/c1-7(2)18-9-3-4-11-8(5-9)6-10(13(16)17)12(15)14-11/h3-7H,1-2H3,(H,14,15)(H,16,17). The molecule has 0 atom stereocenters. The second-order valence-corrected chi connectivity index (χ2v) is 4.23. The van der Waals surface area contributed by atoms with Gasteiger partial charge < -0.3 is 14.8 Å². The van der Waals surface area contributed by atoms with E-state index in [1.165, 1.54) is 6.07 Å². The SMILES string of the molecule is CC(C)Oc1ccc2[nH]c(=O)c(C(=O)O)cc2c1. The second-order valence-electron chi connectivity index (χ2n) is 4.23. The molecule has 0 aliphatic heterocycles. The Morgan fingerprint density at radius 2 is 2.06 bits per heavy atom. The van der Waals surface area contributed by atoms with Gasteiger partial charge in [0.25, 0.3) is 5.56 Å². The third-order valence-corrected chi connectivity index (χ3v) is 2.42. The molecule has 94 valence electrons. The number of fused-ring (bicyclic) bond motifs is 1. The monoisotopic (exact) mass is 247 g/mol. The van der Waals surface area contributed by atoms with Crippen LogP contribution in [0.2, 0.25) is 0 Å². The van der Waals surface area contributed by atoms with E-state index >= 15 is 0 Å². The van der Waals surface area contributed by atoms with Crippen molar-refractivity contribution in [1.82, 2.24) is 4.98 Å². The zero-order valence-electron chi connectivity index (χ0n) is 10.1. The van der Waals surface area contributed by atoms with Crippen LogP contribution >= 0.6 is 0 Å². The Morgan fingerprint density at radius 3 is 2.67 bits per heavy atom. The molecule has 2 aromatic rings. The van der Waals surface area contributed by atoms with Crippen LogP contribution in [0.5, 0.6) is 5.75 Å². The van der Waals surface area contributed by atoms with Crippen LogP contribution in [0, 0.1) is 0 Å². The van der Waals surface area contributed by atoms with Crippen LogP contribution < -0.4 is 10.3 Å². The molecule has 0 saturated heterocycles. The minimum absolute atomic E-state index is 0.0316. The first kappa shape index (κ1) is 12.2. The topological polar surface area (TPSA) is 79.4 Å². The lowest BCUT2D eigenvalue weighted by atomic mass is 10.1. The number of aromatic amines is 1. The molecule has 0 aliphatic carbocycles. The summed E-state index contributed by atoms with van der Waals surface area (Å²) in [5, 5.41) is 9.52. The van der Waals surface area contributed by atoms with Crippen molar-refractivity contribution in [3.8, 4) is 5.75 Å². The predicted octanol–water partition coefficient (Wildman–Crippen LogP) is 2.01. The Labute approximate surface area is 103 Å². The van der Waals surface area contributed by atoms with E-state index in [-0.39, 0.29) is 11.7 Å². The summed E-state index contributed by atoms with van der Waals surface area (Å²) in [4.78, 5) is 24.9. The third-order valence-electron chi connectivity index (χ3n) is 2.42. The summed E-state index contributed by atoms with van der Waals surface area (Å²) in [6.07, 6.45) is 0.0316. The number of aromatic carboxylic acids is 1. The Hall–Kier alpha value is -2.30. The number of aromatic nitrogens is 1. The van der Waals surface area contributed by atoms with Gasteiger partial charge in [-0.15, -0.1) is 0 Å². The van der Waals surface area contributed by atoms with E-state index in [1.54, 1.807) is 18.2 Å². The van der Waals surface area contributed by atoms with Crippen molar-refractivity contribution in [3.05, 3.63) is 40.2 Å². The van der Waals surface area contributed by atoms with E-state index in [0.717, 1.165) is 0 Å². The largest absolute Gasteiger partial charge is 0.491 e. The molecule has 1 heterocycles. The van der Waals surface area contributed by atoms with Gasteiger partial charge >= 0.3 is 5.97 Å². The van der Waals surface area contributed by atoms with Gasteiger partial charge in [-0.1, -0.05) is 0 Å². The summed E-state index contributed by atoms with van der Waals surface area (Å²) in [6.45, 7) is 3.81. The van der Waals surface area contributed by atoms with Crippen LogP contribution in [0.4, 0.5) is 0 Å². The molecule has 18 heavy (non-hydrogen) atoms. The molecule has 5 heteroatoms. The van der Waals surface area contributed by atoms with E-state index in [4.69, 9.17) is 9.84 Å². The van der Waals surface area contributed by atoms with Gasteiger partial charge in [-0.25, -0.2) is 4.79 Å². The Balaban J connectivity index is 2.58. The molecule has 0 bridgehead atoms. The Morgan fingerprint density at radius 1 is 1.33 bits per heavy atom. The van der Waals surface area contributed by atoms with Crippen LogP contribution in [0.15, 0.2) is 29.1 Å². The fraction of sp³-hybridized carbons (Fsp3) is 0.231. The number of nitrogens with one attached hydrogen (secondary N) is 1. The molecule has 0 unspecified atom stereocenters. The number of pyridine rings is 1. The zero-order chi connectivity index (χ0) is 13.3. The van der Waals surface area contributed by atoms with Gasteiger partial charge in [0, 0.05) is 10.9 Å². The summed E-state index contributed by atoms with van der Waals surface area (Å²) < 4.78 is 5.51. The molecule has 0 fully saturated rings. The lowest BCUT2D eigenvalue weighted by molar-refractivity contribution is 0.0695. The number of H-pyrrole nitrogens is 1. The summed E-state index contributed by atoms with van der Waals surface area (Å²) in [5.41, 5.74) is -0.294. The van der Waals surface area contributed by atoms with Crippen molar-refractivity contribution in [2.24, 2.45) is 0 Å². The van der Waals surface area contributed by atoms with Gasteiger partial charge in [-0.05, 0) is 38.1 Å². The van der Waals surface area contributed by atoms with Crippen LogP contribution in [-0.2, 0) is 0 Å². The smallest absolute Gasteiger partial charge is 0.341 e. The van der Waals surface area contributed by atoms with Gasteiger partial charge in [-0.3, -0.25) is 4.79 Å². The van der Waals surface area contributed by atoms with E-state index in [9.17, 15) is 9.59 Å². The molecule has 2 rings (SSSR count). The van der Waals surface area contributed by atoms with Crippen molar-refractivity contribution in [3.63, 3.8) is 0 Å². The van der Waals surface area contributed by atoms with Gasteiger partial charge in [0.15, 0.2) is 0 Å². The van der Waals surface area contributed by atoms with Gasteiger partial charge in [0.2, 0.25) is 0 Å². The number of hydrogen-bond acceptors (Lipinski definition) is 3.